The molecule has 7 heteroatoms. The molecule has 0 aromatic heterocycles. The van der Waals surface area contributed by atoms with E-state index in [1.165, 1.54) is 0 Å². The van der Waals surface area contributed by atoms with Gasteiger partial charge >= 0.3 is 0 Å². The van der Waals surface area contributed by atoms with E-state index in [0.29, 0.717) is 16.4 Å². The number of hydrogen-bond donors (Lipinski definition) is 4. The number of guanidine groups is 1. The van der Waals surface area contributed by atoms with Gasteiger partial charge in [-0.15, -0.1) is 0 Å². The predicted octanol–water partition coefficient (Wildman–Crippen LogP) is 1.91. The third-order valence-corrected chi connectivity index (χ3v) is 2.83. The largest absolute Gasteiger partial charge is 0.370 e. The highest BCUT2D eigenvalue weighted by atomic mass is 32.1. The molecule has 0 atom stereocenters. The maximum atomic E-state index is 11.8. The van der Waals surface area contributed by atoms with Gasteiger partial charge in [0.05, 0.1) is 0 Å². The maximum Gasteiger partial charge on any atom is 0.280 e. The second-order valence-electron chi connectivity index (χ2n) is 4.37. The van der Waals surface area contributed by atoms with E-state index >= 15 is 0 Å². The molecule has 0 aliphatic heterocycles. The molecule has 2 aromatic rings. The van der Waals surface area contributed by atoms with Crippen molar-refractivity contribution in [3.8, 4) is 0 Å². The molecule has 0 spiro atoms. The number of nitrogens with two attached hydrogens (primary N) is 2. The number of para-hydroxylation sites is 1. The summed E-state index contributed by atoms with van der Waals surface area (Å²) >= 11 is 5.22. The molecule has 0 bridgehead atoms. The van der Waals surface area contributed by atoms with Gasteiger partial charge in [0.15, 0.2) is 11.1 Å². The Balaban J connectivity index is 2.05. The zero-order chi connectivity index (χ0) is 15.9. The highest BCUT2D eigenvalue weighted by Gasteiger charge is 2.06. The number of hydrogen-bond acceptors (Lipinski definition) is 2. The van der Waals surface area contributed by atoms with Gasteiger partial charge in [-0.2, -0.15) is 4.99 Å². The van der Waals surface area contributed by atoms with Crippen molar-refractivity contribution >= 4 is 40.6 Å². The minimum Gasteiger partial charge on any atom is -0.370 e. The summed E-state index contributed by atoms with van der Waals surface area (Å²) in [5.41, 5.74) is 12.3. The maximum absolute atomic E-state index is 11.8. The van der Waals surface area contributed by atoms with E-state index in [-0.39, 0.29) is 5.96 Å². The fourth-order valence-corrected chi connectivity index (χ4v) is 1.96. The first kappa shape index (κ1) is 15.5. The van der Waals surface area contributed by atoms with Gasteiger partial charge in [0.25, 0.3) is 5.91 Å². The number of nitrogens with one attached hydrogen (secondary N) is 2. The summed E-state index contributed by atoms with van der Waals surface area (Å²) in [6, 6.07) is 16.2. The first-order valence-corrected chi connectivity index (χ1v) is 6.82. The van der Waals surface area contributed by atoms with Gasteiger partial charge < -0.3 is 22.1 Å². The van der Waals surface area contributed by atoms with Gasteiger partial charge in [-0.1, -0.05) is 24.3 Å². The fourth-order valence-electron chi connectivity index (χ4n) is 1.73. The van der Waals surface area contributed by atoms with Crippen molar-refractivity contribution in [2.24, 2.45) is 16.5 Å². The van der Waals surface area contributed by atoms with E-state index < -0.39 is 5.91 Å². The molecule has 2 rings (SSSR count). The van der Waals surface area contributed by atoms with Gasteiger partial charge in [0.2, 0.25) is 0 Å². The summed E-state index contributed by atoms with van der Waals surface area (Å²) < 4.78 is 0. The number of aliphatic imine (C=N–C) groups is 1. The Hall–Kier alpha value is -2.93. The number of benzene rings is 2. The van der Waals surface area contributed by atoms with E-state index in [2.05, 4.69) is 15.6 Å². The number of carbonyl (C=O) groups is 1. The molecule has 0 fully saturated rings. The average molecular weight is 313 g/mol. The van der Waals surface area contributed by atoms with E-state index in [0.717, 1.165) is 5.69 Å². The monoisotopic (exact) mass is 313 g/mol. The zero-order valence-corrected chi connectivity index (χ0v) is 12.4. The molecular formula is C15H15N5OS. The lowest BCUT2D eigenvalue weighted by Gasteiger charge is -2.11. The van der Waals surface area contributed by atoms with Crippen LogP contribution in [0, 0.1) is 0 Å². The Morgan fingerprint density at radius 2 is 1.59 bits per heavy atom. The van der Waals surface area contributed by atoms with Crippen LogP contribution in [-0.4, -0.2) is 17.0 Å². The molecule has 0 radical (unpaired) electrons. The number of carbonyl (C=O) groups excluding carboxylic acids is 1. The Bertz CT molecular complexity index is 711. The fraction of sp³-hybridized carbons (Fsp3) is 0. The van der Waals surface area contributed by atoms with Crippen molar-refractivity contribution < 1.29 is 4.79 Å². The quantitative estimate of drug-likeness (QED) is 0.392. The van der Waals surface area contributed by atoms with Crippen LogP contribution >= 0.6 is 12.2 Å². The van der Waals surface area contributed by atoms with Crippen molar-refractivity contribution in [2.75, 3.05) is 10.6 Å². The van der Waals surface area contributed by atoms with E-state index in [1.807, 2.05) is 30.3 Å². The van der Waals surface area contributed by atoms with Crippen molar-refractivity contribution in [3.05, 3.63) is 60.2 Å². The molecule has 0 heterocycles. The van der Waals surface area contributed by atoms with Crippen LogP contribution in [-0.2, 0) is 0 Å². The van der Waals surface area contributed by atoms with Crippen molar-refractivity contribution in [1.82, 2.24) is 0 Å². The number of thiocarbonyl (C=S) groups is 1. The Morgan fingerprint density at radius 1 is 0.955 bits per heavy atom. The number of amides is 1. The van der Waals surface area contributed by atoms with Crippen LogP contribution in [0.2, 0.25) is 0 Å². The lowest BCUT2D eigenvalue weighted by Crippen LogP contribution is -2.24. The normalized spacial score (nSPS) is 9.64. The van der Waals surface area contributed by atoms with Gasteiger partial charge in [0.1, 0.15) is 0 Å². The molecule has 0 saturated carbocycles. The van der Waals surface area contributed by atoms with Crippen LogP contribution in [0.1, 0.15) is 10.4 Å². The topological polar surface area (TPSA) is 106 Å². The molecular weight excluding hydrogens is 298 g/mol. The molecule has 0 saturated heterocycles. The van der Waals surface area contributed by atoms with Gasteiger partial charge in [0, 0.05) is 16.9 Å². The van der Waals surface area contributed by atoms with Crippen LogP contribution in [0.4, 0.5) is 11.4 Å². The smallest absolute Gasteiger partial charge is 0.280 e. The first-order chi connectivity index (χ1) is 10.5. The van der Waals surface area contributed by atoms with Crippen molar-refractivity contribution in [3.63, 3.8) is 0 Å². The minimum atomic E-state index is -0.509. The summed E-state index contributed by atoms with van der Waals surface area (Å²) in [7, 11) is 0. The molecule has 6 nitrogen and oxygen atoms in total. The van der Waals surface area contributed by atoms with E-state index in [1.54, 1.807) is 24.3 Å². The van der Waals surface area contributed by atoms with Gasteiger partial charge in [-0.3, -0.25) is 4.79 Å². The number of rotatable bonds is 3. The first-order valence-electron chi connectivity index (χ1n) is 6.41. The Morgan fingerprint density at radius 3 is 2.27 bits per heavy atom. The number of nitrogens with zero attached hydrogens (tertiary/aromatic N) is 1. The highest BCUT2D eigenvalue weighted by molar-refractivity contribution is 7.80. The van der Waals surface area contributed by atoms with Crippen molar-refractivity contribution in [1.29, 1.82) is 0 Å². The average Bonchev–Trinajstić information content (AvgIpc) is 2.47. The van der Waals surface area contributed by atoms with E-state index in [9.17, 15) is 4.79 Å². The standard InChI is InChI=1S/C15H15N5OS/c16-14(17)20-13(21)10-5-4-8-12(9-10)19-15(22)18-11-6-2-1-3-7-11/h1-9H,(H2,18,19,22)(H4,16,17,20,21). The second kappa shape index (κ2) is 7.19. The summed E-state index contributed by atoms with van der Waals surface area (Å²) in [6.07, 6.45) is 0. The molecule has 0 aliphatic rings. The van der Waals surface area contributed by atoms with Crippen LogP contribution in [0.25, 0.3) is 0 Å². The number of anilines is 2. The summed E-state index contributed by atoms with van der Waals surface area (Å²) in [5, 5.41) is 6.45. The Labute approximate surface area is 133 Å². The highest BCUT2D eigenvalue weighted by Crippen LogP contribution is 2.13. The molecule has 2 aromatic carbocycles. The van der Waals surface area contributed by atoms with Crippen molar-refractivity contribution in [2.45, 2.75) is 0 Å². The molecule has 22 heavy (non-hydrogen) atoms. The van der Waals surface area contributed by atoms with Gasteiger partial charge in [-0.05, 0) is 42.5 Å². The third kappa shape index (κ3) is 4.57. The molecule has 0 unspecified atom stereocenters. The molecule has 1 amide bonds. The summed E-state index contributed by atoms with van der Waals surface area (Å²) in [4.78, 5) is 15.3. The third-order valence-electron chi connectivity index (χ3n) is 2.63. The summed E-state index contributed by atoms with van der Waals surface area (Å²) in [5.74, 6) is -0.782. The van der Waals surface area contributed by atoms with Gasteiger partial charge in [-0.25, -0.2) is 0 Å². The molecule has 0 aliphatic carbocycles. The lowest BCUT2D eigenvalue weighted by atomic mass is 10.2. The van der Waals surface area contributed by atoms with Crippen LogP contribution < -0.4 is 22.1 Å². The SMILES string of the molecule is NC(N)=NC(=O)c1cccc(NC(=S)Nc2ccccc2)c1. The second-order valence-corrected chi connectivity index (χ2v) is 4.78. The summed E-state index contributed by atoms with van der Waals surface area (Å²) in [6.45, 7) is 0. The van der Waals surface area contributed by atoms with Crippen LogP contribution in [0.15, 0.2) is 59.6 Å². The Kier molecular flexibility index (Phi) is 5.05. The zero-order valence-electron chi connectivity index (χ0n) is 11.6. The van der Waals surface area contributed by atoms with E-state index in [4.69, 9.17) is 23.7 Å². The molecule has 112 valence electrons. The molecule has 6 N–H and O–H groups in total. The lowest BCUT2D eigenvalue weighted by molar-refractivity contribution is 0.100. The van der Waals surface area contributed by atoms with Crippen LogP contribution in [0.5, 0.6) is 0 Å². The van der Waals surface area contributed by atoms with Crippen LogP contribution in [0.3, 0.4) is 0 Å². The predicted molar refractivity (Wildman–Crippen MR) is 92.9 cm³/mol. The minimum absolute atomic E-state index is 0.273.